The van der Waals surface area contributed by atoms with Gasteiger partial charge in [-0.1, -0.05) is 0 Å². The van der Waals surface area contributed by atoms with Gasteiger partial charge in [0.2, 0.25) is 0 Å². The zero-order chi connectivity index (χ0) is 10.7. The molecule has 0 radical (unpaired) electrons. The van der Waals surface area contributed by atoms with Crippen molar-refractivity contribution in [2.45, 2.75) is 13.0 Å². The van der Waals surface area contributed by atoms with E-state index in [4.69, 9.17) is 9.84 Å². The average molecular weight is 209 g/mol. The van der Waals surface area contributed by atoms with Gasteiger partial charge in [-0.25, -0.2) is 0 Å². The van der Waals surface area contributed by atoms with E-state index in [2.05, 4.69) is 15.1 Å². The SMILES string of the molecule is Cc1ccc(N2CCOC(CO)C2)nn1. The van der Waals surface area contributed by atoms with Gasteiger partial charge in [-0.15, -0.1) is 5.10 Å². The second-order valence-electron chi connectivity index (χ2n) is 3.65. The van der Waals surface area contributed by atoms with Crippen LogP contribution in [0, 0.1) is 6.92 Å². The van der Waals surface area contributed by atoms with Gasteiger partial charge >= 0.3 is 0 Å². The highest BCUT2D eigenvalue weighted by atomic mass is 16.5. The van der Waals surface area contributed by atoms with Crippen molar-refractivity contribution in [3.8, 4) is 0 Å². The Balaban J connectivity index is 2.06. The maximum absolute atomic E-state index is 9.01. The molecule has 0 aliphatic carbocycles. The van der Waals surface area contributed by atoms with Crippen molar-refractivity contribution < 1.29 is 9.84 Å². The van der Waals surface area contributed by atoms with Gasteiger partial charge in [-0.2, -0.15) is 5.10 Å². The number of morpholine rings is 1. The fourth-order valence-corrected chi connectivity index (χ4v) is 1.60. The lowest BCUT2D eigenvalue weighted by molar-refractivity contribution is 0.00332. The number of ether oxygens (including phenoxy) is 1. The molecule has 1 saturated heterocycles. The third kappa shape index (κ3) is 2.43. The van der Waals surface area contributed by atoms with Gasteiger partial charge < -0.3 is 14.7 Å². The van der Waals surface area contributed by atoms with Crippen LogP contribution in [0.2, 0.25) is 0 Å². The molecular formula is C10H15N3O2. The van der Waals surface area contributed by atoms with Crippen LogP contribution in [0.25, 0.3) is 0 Å². The summed E-state index contributed by atoms with van der Waals surface area (Å²) in [6.07, 6.45) is -0.109. The van der Waals surface area contributed by atoms with Crippen LogP contribution < -0.4 is 4.90 Å². The first-order chi connectivity index (χ1) is 7.29. The molecule has 1 N–H and O–H groups in total. The van der Waals surface area contributed by atoms with E-state index in [1.807, 2.05) is 19.1 Å². The highest BCUT2D eigenvalue weighted by Crippen LogP contribution is 2.13. The Kier molecular flexibility index (Phi) is 3.13. The number of hydrogen-bond donors (Lipinski definition) is 1. The molecule has 0 amide bonds. The topological polar surface area (TPSA) is 58.5 Å². The van der Waals surface area contributed by atoms with Crippen LogP contribution in [0.5, 0.6) is 0 Å². The minimum Gasteiger partial charge on any atom is -0.394 e. The lowest BCUT2D eigenvalue weighted by Gasteiger charge is -2.32. The number of aryl methyl sites for hydroxylation is 1. The van der Waals surface area contributed by atoms with Crippen LogP contribution in [-0.2, 0) is 4.74 Å². The Morgan fingerprint density at radius 3 is 3.07 bits per heavy atom. The smallest absolute Gasteiger partial charge is 0.151 e. The second kappa shape index (κ2) is 4.55. The van der Waals surface area contributed by atoms with Crippen LogP contribution in [-0.4, -0.2) is 47.7 Å². The first-order valence-corrected chi connectivity index (χ1v) is 5.07. The molecule has 1 unspecified atom stereocenters. The third-order valence-corrected chi connectivity index (χ3v) is 2.45. The van der Waals surface area contributed by atoms with Crippen molar-refractivity contribution in [2.24, 2.45) is 0 Å². The predicted octanol–water partition coefficient (Wildman–Crippen LogP) is -0.0175. The summed E-state index contributed by atoms with van der Waals surface area (Å²) in [5, 5.41) is 17.1. The molecule has 0 bridgehead atoms. The highest BCUT2D eigenvalue weighted by Gasteiger charge is 2.20. The molecule has 1 aliphatic heterocycles. The Morgan fingerprint density at radius 1 is 1.53 bits per heavy atom. The zero-order valence-electron chi connectivity index (χ0n) is 8.76. The summed E-state index contributed by atoms with van der Waals surface area (Å²) in [5.74, 6) is 0.849. The van der Waals surface area contributed by atoms with Crippen molar-refractivity contribution in [1.29, 1.82) is 0 Å². The summed E-state index contributed by atoms with van der Waals surface area (Å²) in [6.45, 7) is 4.06. The van der Waals surface area contributed by atoms with Gasteiger partial charge in [-0.3, -0.25) is 0 Å². The number of rotatable bonds is 2. The first kappa shape index (κ1) is 10.3. The Hall–Kier alpha value is -1.20. The molecule has 0 spiro atoms. The number of aliphatic hydroxyl groups excluding tert-OH is 1. The van der Waals surface area contributed by atoms with E-state index >= 15 is 0 Å². The predicted molar refractivity (Wildman–Crippen MR) is 55.8 cm³/mol. The summed E-state index contributed by atoms with van der Waals surface area (Å²) >= 11 is 0. The van der Waals surface area contributed by atoms with Gasteiger partial charge in [0.05, 0.1) is 25.0 Å². The largest absolute Gasteiger partial charge is 0.394 e. The van der Waals surface area contributed by atoms with Crippen molar-refractivity contribution in [3.05, 3.63) is 17.8 Å². The minimum atomic E-state index is -0.109. The number of aromatic nitrogens is 2. The number of nitrogens with zero attached hydrogens (tertiary/aromatic N) is 3. The van der Waals surface area contributed by atoms with Crippen LogP contribution in [0.3, 0.4) is 0 Å². The molecule has 1 aromatic rings. The molecule has 5 heteroatoms. The zero-order valence-corrected chi connectivity index (χ0v) is 8.76. The number of anilines is 1. The molecule has 1 aliphatic rings. The van der Waals surface area contributed by atoms with E-state index in [9.17, 15) is 0 Å². The molecule has 1 aromatic heterocycles. The minimum absolute atomic E-state index is 0.0514. The summed E-state index contributed by atoms with van der Waals surface area (Å²) in [4.78, 5) is 2.08. The average Bonchev–Trinajstić information content (AvgIpc) is 2.30. The Labute approximate surface area is 88.7 Å². The molecule has 82 valence electrons. The lowest BCUT2D eigenvalue weighted by Crippen LogP contribution is -2.44. The van der Waals surface area contributed by atoms with E-state index in [-0.39, 0.29) is 12.7 Å². The quantitative estimate of drug-likeness (QED) is 0.742. The molecule has 5 nitrogen and oxygen atoms in total. The molecule has 0 saturated carbocycles. The normalized spacial score (nSPS) is 21.7. The Bertz CT molecular complexity index is 315. The maximum Gasteiger partial charge on any atom is 0.151 e. The van der Waals surface area contributed by atoms with Crippen LogP contribution in [0.4, 0.5) is 5.82 Å². The van der Waals surface area contributed by atoms with Gasteiger partial charge in [0.25, 0.3) is 0 Å². The van der Waals surface area contributed by atoms with Gasteiger partial charge in [0.1, 0.15) is 0 Å². The van der Waals surface area contributed by atoms with Crippen LogP contribution in [0.1, 0.15) is 5.69 Å². The highest BCUT2D eigenvalue weighted by molar-refractivity contribution is 5.37. The number of aliphatic hydroxyl groups is 1. The molecule has 1 atom stereocenters. The van der Waals surface area contributed by atoms with Crippen molar-refractivity contribution in [3.63, 3.8) is 0 Å². The van der Waals surface area contributed by atoms with Crippen LogP contribution >= 0.6 is 0 Å². The third-order valence-electron chi connectivity index (χ3n) is 2.45. The van der Waals surface area contributed by atoms with E-state index in [0.717, 1.165) is 18.1 Å². The maximum atomic E-state index is 9.01. The molecule has 0 aromatic carbocycles. The molecule has 15 heavy (non-hydrogen) atoms. The van der Waals surface area contributed by atoms with Crippen molar-refractivity contribution in [1.82, 2.24) is 10.2 Å². The fourth-order valence-electron chi connectivity index (χ4n) is 1.60. The molecule has 2 heterocycles. The lowest BCUT2D eigenvalue weighted by atomic mass is 10.3. The van der Waals surface area contributed by atoms with E-state index in [0.29, 0.717) is 13.2 Å². The Morgan fingerprint density at radius 2 is 2.40 bits per heavy atom. The van der Waals surface area contributed by atoms with E-state index in [1.54, 1.807) is 0 Å². The van der Waals surface area contributed by atoms with E-state index < -0.39 is 0 Å². The molecule has 1 fully saturated rings. The van der Waals surface area contributed by atoms with Gasteiger partial charge in [0.15, 0.2) is 5.82 Å². The monoisotopic (exact) mass is 209 g/mol. The van der Waals surface area contributed by atoms with Crippen molar-refractivity contribution >= 4 is 5.82 Å². The van der Waals surface area contributed by atoms with Gasteiger partial charge in [0, 0.05) is 13.1 Å². The standard InChI is InChI=1S/C10H15N3O2/c1-8-2-3-10(12-11-8)13-4-5-15-9(6-13)7-14/h2-3,9,14H,4-7H2,1H3. The second-order valence-corrected chi connectivity index (χ2v) is 3.65. The van der Waals surface area contributed by atoms with Crippen molar-refractivity contribution in [2.75, 3.05) is 31.2 Å². The first-order valence-electron chi connectivity index (χ1n) is 5.07. The number of hydrogen-bond acceptors (Lipinski definition) is 5. The van der Waals surface area contributed by atoms with E-state index in [1.165, 1.54) is 0 Å². The molecular weight excluding hydrogens is 194 g/mol. The summed E-state index contributed by atoms with van der Waals surface area (Å²) in [7, 11) is 0. The molecule has 2 rings (SSSR count). The van der Waals surface area contributed by atoms with Gasteiger partial charge in [-0.05, 0) is 19.1 Å². The van der Waals surface area contributed by atoms with Crippen LogP contribution in [0.15, 0.2) is 12.1 Å². The summed E-state index contributed by atoms with van der Waals surface area (Å²) in [5.41, 5.74) is 0.908. The summed E-state index contributed by atoms with van der Waals surface area (Å²) < 4.78 is 5.36. The fraction of sp³-hybridized carbons (Fsp3) is 0.600. The summed E-state index contributed by atoms with van der Waals surface area (Å²) in [6, 6.07) is 3.88.